The van der Waals surface area contributed by atoms with Crippen molar-refractivity contribution in [2.75, 3.05) is 7.05 Å². The maximum Gasteiger partial charge on any atom is 0.123 e. The number of hydrogen-bond donors (Lipinski definition) is 1. The van der Waals surface area contributed by atoms with Crippen LogP contribution in [0.1, 0.15) is 35.6 Å². The van der Waals surface area contributed by atoms with Crippen molar-refractivity contribution < 1.29 is 4.74 Å². The lowest BCUT2D eigenvalue weighted by Gasteiger charge is -2.27. The Bertz CT molecular complexity index is 626. The van der Waals surface area contributed by atoms with E-state index in [1.54, 1.807) is 0 Å². The zero-order chi connectivity index (χ0) is 14.7. The van der Waals surface area contributed by atoms with Gasteiger partial charge in [-0.25, -0.2) is 0 Å². The van der Waals surface area contributed by atoms with Gasteiger partial charge in [0.25, 0.3) is 0 Å². The summed E-state index contributed by atoms with van der Waals surface area (Å²) in [6.45, 7) is 0.514. The Kier molecular flexibility index (Phi) is 4.47. The zero-order valence-electron chi connectivity index (χ0n) is 12.2. The fourth-order valence-electron chi connectivity index (χ4n) is 3.02. The molecule has 2 nitrogen and oxygen atoms in total. The quantitative estimate of drug-likeness (QED) is 0.897. The minimum atomic E-state index is 0.442. The smallest absolute Gasteiger partial charge is 0.123 e. The minimum absolute atomic E-state index is 0.442. The largest absolute Gasteiger partial charge is 0.489 e. The van der Waals surface area contributed by atoms with Crippen molar-refractivity contribution in [1.82, 2.24) is 5.32 Å². The second-order valence-electron chi connectivity index (χ2n) is 5.44. The van der Waals surface area contributed by atoms with Gasteiger partial charge >= 0.3 is 0 Å². The van der Waals surface area contributed by atoms with E-state index in [4.69, 9.17) is 16.3 Å². The molecule has 0 fully saturated rings. The summed E-state index contributed by atoms with van der Waals surface area (Å²) in [5, 5.41) is 4.15. The predicted octanol–water partition coefficient (Wildman–Crippen LogP) is 4.52. The van der Waals surface area contributed by atoms with Crippen LogP contribution in [-0.4, -0.2) is 7.05 Å². The highest BCUT2D eigenvalue weighted by Gasteiger charge is 2.21. The van der Waals surface area contributed by atoms with Gasteiger partial charge in [-0.1, -0.05) is 41.9 Å². The molecule has 110 valence electrons. The van der Waals surface area contributed by atoms with Crippen LogP contribution in [0.25, 0.3) is 0 Å². The monoisotopic (exact) mass is 301 g/mol. The third-order valence-electron chi connectivity index (χ3n) is 4.15. The first kappa shape index (κ1) is 14.4. The van der Waals surface area contributed by atoms with Crippen molar-refractivity contribution in [3.63, 3.8) is 0 Å². The van der Waals surface area contributed by atoms with Gasteiger partial charge in [0.05, 0.1) is 0 Å². The molecule has 1 aliphatic carbocycles. The SMILES string of the molecule is CNC1CCCc2c(OCc3ccccc3Cl)cccc21. The van der Waals surface area contributed by atoms with Crippen molar-refractivity contribution in [1.29, 1.82) is 0 Å². The molecule has 0 amide bonds. The molecule has 1 aliphatic rings. The first-order chi connectivity index (χ1) is 10.3. The molecule has 1 atom stereocenters. The van der Waals surface area contributed by atoms with Crippen LogP contribution in [0.15, 0.2) is 42.5 Å². The van der Waals surface area contributed by atoms with E-state index >= 15 is 0 Å². The van der Waals surface area contributed by atoms with Crippen LogP contribution in [0.2, 0.25) is 5.02 Å². The molecular weight excluding hydrogens is 282 g/mol. The van der Waals surface area contributed by atoms with Crippen LogP contribution >= 0.6 is 11.6 Å². The molecule has 0 heterocycles. The van der Waals surface area contributed by atoms with Gasteiger partial charge in [-0.3, -0.25) is 0 Å². The average molecular weight is 302 g/mol. The summed E-state index contributed by atoms with van der Waals surface area (Å²) in [5.74, 6) is 0.993. The van der Waals surface area contributed by atoms with Crippen LogP contribution in [0.3, 0.4) is 0 Å². The molecule has 2 aromatic carbocycles. The molecule has 0 spiro atoms. The molecule has 0 bridgehead atoms. The number of ether oxygens (including phenoxy) is 1. The lowest BCUT2D eigenvalue weighted by Crippen LogP contribution is -2.22. The number of nitrogens with one attached hydrogen (secondary N) is 1. The Balaban J connectivity index is 1.82. The summed E-state index contributed by atoms with van der Waals surface area (Å²) in [5.41, 5.74) is 3.74. The highest BCUT2D eigenvalue weighted by atomic mass is 35.5. The Labute approximate surface area is 131 Å². The van der Waals surface area contributed by atoms with Gasteiger partial charge in [0, 0.05) is 16.6 Å². The Morgan fingerprint density at radius 3 is 2.86 bits per heavy atom. The van der Waals surface area contributed by atoms with E-state index in [9.17, 15) is 0 Å². The molecule has 3 heteroatoms. The van der Waals surface area contributed by atoms with Crippen molar-refractivity contribution in [2.24, 2.45) is 0 Å². The van der Waals surface area contributed by atoms with Crippen LogP contribution in [0, 0.1) is 0 Å². The molecule has 0 aromatic heterocycles. The molecule has 21 heavy (non-hydrogen) atoms. The van der Waals surface area contributed by atoms with Crippen LogP contribution in [0.4, 0.5) is 0 Å². The molecule has 0 aliphatic heterocycles. The van der Waals surface area contributed by atoms with E-state index in [-0.39, 0.29) is 0 Å². The number of fused-ring (bicyclic) bond motifs is 1. The van der Waals surface area contributed by atoms with Crippen molar-refractivity contribution in [2.45, 2.75) is 31.9 Å². The standard InChI is InChI=1S/C18H20ClNO/c1-20-17-10-4-8-15-14(17)7-5-11-18(15)21-12-13-6-2-3-9-16(13)19/h2-3,5-7,9,11,17,20H,4,8,10,12H2,1H3. The Morgan fingerprint density at radius 1 is 1.19 bits per heavy atom. The summed E-state index contributed by atoms with van der Waals surface area (Å²) in [6.07, 6.45) is 3.48. The maximum atomic E-state index is 6.19. The molecule has 0 radical (unpaired) electrons. The summed E-state index contributed by atoms with van der Waals surface area (Å²) in [4.78, 5) is 0. The first-order valence-electron chi connectivity index (χ1n) is 7.45. The molecule has 1 unspecified atom stereocenters. The van der Waals surface area contributed by atoms with E-state index in [1.165, 1.54) is 24.0 Å². The third kappa shape index (κ3) is 3.07. The zero-order valence-corrected chi connectivity index (χ0v) is 13.0. The van der Waals surface area contributed by atoms with E-state index in [1.807, 2.05) is 31.3 Å². The van der Waals surface area contributed by atoms with Gasteiger partial charge in [0.2, 0.25) is 0 Å². The summed E-state index contributed by atoms with van der Waals surface area (Å²) >= 11 is 6.19. The lowest BCUT2D eigenvalue weighted by molar-refractivity contribution is 0.300. The lowest BCUT2D eigenvalue weighted by atomic mass is 9.87. The normalized spacial score (nSPS) is 17.3. The molecule has 0 saturated carbocycles. The number of hydrogen-bond acceptors (Lipinski definition) is 2. The van der Waals surface area contributed by atoms with E-state index < -0.39 is 0 Å². The predicted molar refractivity (Wildman–Crippen MR) is 87.0 cm³/mol. The second kappa shape index (κ2) is 6.50. The van der Waals surface area contributed by atoms with Gasteiger partial charge in [-0.05, 0) is 49.6 Å². The van der Waals surface area contributed by atoms with Gasteiger partial charge in [0.1, 0.15) is 12.4 Å². The summed E-state index contributed by atoms with van der Waals surface area (Å²) < 4.78 is 6.05. The molecular formula is C18H20ClNO. The van der Waals surface area contributed by atoms with Crippen LogP contribution in [0.5, 0.6) is 5.75 Å². The van der Waals surface area contributed by atoms with Gasteiger partial charge in [-0.15, -0.1) is 0 Å². The number of halogens is 1. The van der Waals surface area contributed by atoms with E-state index in [2.05, 4.69) is 23.5 Å². The second-order valence-corrected chi connectivity index (χ2v) is 5.84. The topological polar surface area (TPSA) is 21.3 Å². The molecule has 2 aromatic rings. The first-order valence-corrected chi connectivity index (χ1v) is 7.82. The van der Waals surface area contributed by atoms with E-state index in [0.717, 1.165) is 22.8 Å². The highest BCUT2D eigenvalue weighted by Crippen LogP contribution is 2.35. The number of benzene rings is 2. The summed E-state index contributed by atoms with van der Waals surface area (Å²) in [6, 6.07) is 14.6. The Hall–Kier alpha value is -1.51. The fourth-order valence-corrected chi connectivity index (χ4v) is 3.21. The van der Waals surface area contributed by atoms with Crippen LogP contribution < -0.4 is 10.1 Å². The minimum Gasteiger partial charge on any atom is -0.489 e. The van der Waals surface area contributed by atoms with E-state index in [0.29, 0.717) is 12.6 Å². The Morgan fingerprint density at radius 2 is 2.05 bits per heavy atom. The van der Waals surface area contributed by atoms with Crippen molar-refractivity contribution in [3.8, 4) is 5.75 Å². The highest BCUT2D eigenvalue weighted by molar-refractivity contribution is 6.31. The van der Waals surface area contributed by atoms with Crippen LogP contribution in [-0.2, 0) is 13.0 Å². The molecule has 0 saturated heterocycles. The number of rotatable bonds is 4. The van der Waals surface area contributed by atoms with Crippen molar-refractivity contribution in [3.05, 3.63) is 64.2 Å². The third-order valence-corrected chi connectivity index (χ3v) is 4.52. The fraction of sp³-hybridized carbons (Fsp3) is 0.333. The van der Waals surface area contributed by atoms with Gasteiger partial charge < -0.3 is 10.1 Å². The molecule has 3 rings (SSSR count). The van der Waals surface area contributed by atoms with Gasteiger partial charge in [0.15, 0.2) is 0 Å². The summed E-state index contributed by atoms with van der Waals surface area (Å²) in [7, 11) is 2.02. The van der Waals surface area contributed by atoms with Crippen molar-refractivity contribution >= 4 is 11.6 Å². The van der Waals surface area contributed by atoms with Gasteiger partial charge in [-0.2, -0.15) is 0 Å². The average Bonchev–Trinajstić information content (AvgIpc) is 2.53. The maximum absolute atomic E-state index is 6.19. The molecule has 1 N–H and O–H groups in total.